The first-order valence-electron chi connectivity index (χ1n) is 7.00. The molecule has 0 aromatic heterocycles. The van der Waals surface area contributed by atoms with Gasteiger partial charge in [-0.2, -0.15) is 9.57 Å². The smallest absolute Gasteiger partial charge is 0.258 e. The Morgan fingerprint density at radius 1 is 1.21 bits per heavy atom. The number of rotatable bonds is 5. The SMILES string of the molecule is CC(c1cccc([N+](=O)[O-])c1)N(C)S(=O)(=O)c1cccc(C#N)c1. The summed E-state index contributed by atoms with van der Waals surface area (Å²) in [6.45, 7) is 1.64. The van der Waals surface area contributed by atoms with Crippen molar-refractivity contribution in [3.63, 3.8) is 0 Å². The maximum Gasteiger partial charge on any atom is 0.269 e. The third-order valence-corrected chi connectivity index (χ3v) is 5.67. The van der Waals surface area contributed by atoms with Gasteiger partial charge in [-0.05, 0) is 30.7 Å². The van der Waals surface area contributed by atoms with Crippen LogP contribution in [0.3, 0.4) is 0 Å². The van der Waals surface area contributed by atoms with Crippen LogP contribution in [0.5, 0.6) is 0 Å². The van der Waals surface area contributed by atoms with Crippen LogP contribution in [0.1, 0.15) is 24.1 Å². The molecule has 24 heavy (non-hydrogen) atoms. The molecule has 1 atom stereocenters. The summed E-state index contributed by atoms with van der Waals surface area (Å²) < 4.78 is 26.6. The third-order valence-electron chi connectivity index (χ3n) is 3.75. The molecule has 0 saturated carbocycles. The fraction of sp³-hybridized carbons (Fsp3) is 0.188. The largest absolute Gasteiger partial charge is 0.269 e. The van der Waals surface area contributed by atoms with E-state index >= 15 is 0 Å². The molecule has 0 saturated heterocycles. The fourth-order valence-corrected chi connectivity index (χ4v) is 3.61. The molecule has 124 valence electrons. The number of benzene rings is 2. The summed E-state index contributed by atoms with van der Waals surface area (Å²) in [6, 6.07) is 12.9. The molecular formula is C16H15N3O4S. The minimum atomic E-state index is -3.84. The highest BCUT2D eigenvalue weighted by Gasteiger charge is 2.27. The molecule has 2 aromatic rings. The standard InChI is InChI=1S/C16H15N3O4S/c1-12(14-6-4-7-15(10-14)19(20)21)18(2)24(22,23)16-8-3-5-13(9-16)11-17/h3-10,12H,1-2H3. The highest BCUT2D eigenvalue weighted by atomic mass is 32.2. The molecule has 0 radical (unpaired) electrons. The monoisotopic (exact) mass is 345 g/mol. The minimum absolute atomic E-state index is 0.00123. The molecule has 2 aromatic carbocycles. The highest BCUT2D eigenvalue weighted by Crippen LogP contribution is 2.28. The zero-order chi connectivity index (χ0) is 17.9. The molecule has 7 nitrogen and oxygen atoms in total. The lowest BCUT2D eigenvalue weighted by molar-refractivity contribution is -0.384. The Kier molecular flexibility index (Phi) is 4.97. The number of nitro benzene ring substituents is 1. The summed E-state index contributed by atoms with van der Waals surface area (Å²) in [5, 5.41) is 19.8. The summed E-state index contributed by atoms with van der Waals surface area (Å²) in [6.07, 6.45) is 0. The molecular weight excluding hydrogens is 330 g/mol. The van der Waals surface area contributed by atoms with Gasteiger partial charge in [0, 0.05) is 25.2 Å². The van der Waals surface area contributed by atoms with E-state index in [1.165, 1.54) is 49.5 Å². The lowest BCUT2D eigenvalue weighted by Gasteiger charge is -2.24. The molecule has 0 amide bonds. The van der Waals surface area contributed by atoms with Gasteiger partial charge >= 0.3 is 0 Å². The Labute approximate surface area is 140 Å². The molecule has 0 bridgehead atoms. The number of hydrogen-bond acceptors (Lipinski definition) is 5. The fourth-order valence-electron chi connectivity index (χ4n) is 2.21. The topological polar surface area (TPSA) is 104 Å². The molecule has 0 aliphatic heterocycles. The normalized spacial score (nSPS) is 12.6. The third kappa shape index (κ3) is 3.42. The number of sulfonamides is 1. The van der Waals surface area contributed by atoms with Gasteiger partial charge in [0.2, 0.25) is 10.0 Å². The molecule has 1 unspecified atom stereocenters. The van der Waals surface area contributed by atoms with Crippen LogP contribution in [0.4, 0.5) is 5.69 Å². The first kappa shape index (κ1) is 17.6. The van der Waals surface area contributed by atoms with Gasteiger partial charge in [0.25, 0.3) is 5.69 Å². The summed E-state index contributed by atoms with van der Waals surface area (Å²) in [5.74, 6) is 0. The molecule has 0 aliphatic carbocycles. The van der Waals surface area contributed by atoms with E-state index < -0.39 is 21.0 Å². The zero-order valence-corrected chi connectivity index (χ0v) is 13.9. The predicted octanol–water partition coefficient (Wildman–Crippen LogP) is 2.85. The molecule has 0 heterocycles. The van der Waals surface area contributed by atoms with Crippen molar-refractivity contribution in [2.45, 2.75) is 17.9 Å². The Morgan fingerprint density at radius 2 is 1.88 bits per heavy atom. The first-order valence-corrected chi connectivity index (χ1v) is 8.44. The van der Waals surface area contributed by atoms with E-state index in [0.717, 1.165) is 4.31 Å². The maximum absolute atomic E-state index is 12.7. The van der Waals surface area contributed by atoms with Crippen LogP contribution in [-0.2, 0) is 10.0 Å². The Hall–Kier alpha value is -2.76. The van der Waals surface area contributed by atoms with Crippen molar-refractivity contribution >= 4 is 15.7 Å². The van der Waals surface area contributed by atoms with Gasteiger partial charge in [-0.3, -0.25) is 10.1 Å². The van der Waals surface area contributed by atoms with Gasteiger partial charge < -0.3 is 0 Å². The van der Waals surface area contributed by atoms with Crippen molar-refractivity contribution in [3.05, 3.63) is 69.8 Å². The van der Waals surface area contributed by atoms with Crippen molar-refractivity contribution in [2.75, 3.05) is 7.05 Å². The zero-order valence-electron chi connectivity index (χ0n) is 13.1. The van der Waals surface area contributed by atoms with Crippen LogP contribution in [0, 0.1) is 21.4 Å². The van der Waals surface area contributed by atoms with Gasteiger partial charge in [0.15, 0.2) is 0 Å². The lowest BCUT2D eigenvalue weighted by Crippen LogP contribution is -2.29. The average Bonchev–Trinajstić information content (AvgIpc) is 2.60. The van der Waals surface area contributed by atoms with Crippen LogP contribution in [0.25, 0.3) is 0 Å². The van der Waals surface area contributed by atoms with E-state index in [0.29, 0.717) is 5.56 Å². The van der Waals surface area contributed by atoms with E-state index in [9.17, 15) is 18.5 Å². The molecule has 8 heteroatoms. The number of nitrogens with zero attached hydrogens (tertiary/aromatic N) is 3. The van der Waals surface area contributed by atoms with Crippen LogP contribution in [0.15, 0.2) is 53.4 Å². The Morgan fingerprint density at radius 3 is 2.50 bits per heavy atom. The van der Waals surface area contributed by atoms with Crippen molar-refractivity contribution in [3.8, 4) is 6.07 Å². The van der Waals surface area contributed by atoms with E-state index in [-0.39, 0.29) is 16.1 Å². The number of nitriles is 1. The lowest BCUT2D eigenvalue weighted by atomic mass is 10.1. The van der Waals surface area contributed by atoms with Gasteiger partial charge in [-0.1, -0.05) is 18.2 Å². The van der Waals surface area contributed by atoms with E-state index in [1.54, 1.807) is 13.0 Å². The first-order chi connectivity index (χ1) is 11.3. The molecule has 0 fully saturated rings. The molecule has 0 N–H and O–H groups in total. The number of non-ortho nitro benzene ring substituents is 1. The molecule has 2 rings (SSSR count). The van der Waals surface area contributed by atoms with E-state index in [4.69, 9.17) is 5.26 Å². The number of hydrogen-bond donors (Lipinski definition) is 0. The second kappa shape index (κ2) is 6.78. The predicted molar refractivity (Wildman–Crippen MR) is 87.6 cm³/mol. The van der Waals surface area contributed by atoms with Crippen LogP contribution < -0.4 is 0 Å². The second-order valence-corrected chi connectivity index (χ2v) is 7.19. The quantitative estimate of drug-likeness (QED) is 0.612. The van der Waals surface area contributed by atoms with Crippen molar-refractivity contribution in [2.24, 2.45) is 0 Å². The van der Waals surface area contributed by atoms with Crippen LogP contribution in [-0.4, -0.2) is 24.7 Å². The number of nitro groups is 1. The summed E-state index contributed by atoms with van der Waals surface area (Å²) >= 11 is 0. The van der Waals surface area contributed by atoms with Gasteiger partial charge in [0.05, 0.1) is 21.5 Å². The molecule has 0 aliphatic rings. The summed E-state index contributed by atoms with van der Waals surface area (Å²) in [7, 11) is -2.44. The average molecular weight is 345 g/mol. The van der Waals surface area contributed by atoms with Gasteiger partial charge in [-0.25, -0.2) is 8.42 Å². The Bertz CT molecular complexity index is 919. The Balaban J connectivity index is 2.39. The van der Waals surface area contributed by atoms with Crippen molar-refractivity contribution < 1.29 is 13.3 Å². The second-order valence-electron chi connectivity index (χ2n) is 5.19. The highest BCUT2D eigenvalue weighted by molar-refractivity contribution is 7.89. The minimum Gasteiger partial charge on any atom is -0.258 e. The van der Waals surface area contributed by atoms with Crippen LogP contribution >= 0.6 is 0 Å². The van der Waals surface area contributed by atoms with Crippen molar-refractivity contribution in [1.82, 2.24) is 4.31 Å². The summed E-state index contributed by atoms with van der Waals surface area (Å²) in [4.78, 5) is 10.4. The molecule has 0 spiro atoms. The van der Waals surface area contributed by atoms with E-state index in [1.807, 2.05) is 6.07 Å². The summed E-state index contributed by atoms with van der Waals surface area (Å²) in [5.41, 5.74) is 0.649. The van der Waals surface area contributed by atoms with Crippen LogP contribution in [0.2, 0.25) is 0 Å². The van der Waals surface area contributed by atoms with Gasteiger partial charge in [-0.15, -0.1) is 0 Å². The van der Waals surface area contributed by atoms with Crippen molar-refractivity contribution in [1.29, 1.82) is 5.26 Å². The van der Waals surface area contributed by atoms with E-state index in [2.05, 4.69) is 0 Å². The maximum atomic E-state index is 12.7. The van der Waals surface area contributed by atoms with Gasteiger partial charge in [0.1, 0.15) is 0 Å².